The summed E-state index contributed by atoms with van der Waals surface area (Å²) in [6, 6.07) is 4.79. The Kier molecular flexibility index (Phi) is 2.72. The second-order valence-corrected chi connectivity index (χ2v) is 4.84. The third kappa shape index (κ3) is 2.30. The molecule has 15 heavy (non-hydrogen) atoms. The van der Waals surface area contributed by atoms with Gasteiger partial charge in [0.1, 0.15) is 11.6 Å². The van der Waals surface area contributed by atoms with Gasteiger partial charge in [-0.05, 0) is 12.1 Å². The number of nitriles is 1. The minimum Gasteiger partial charge on any atom is -0.258 e. The summed E-state index contributed by atoms with van der Waals surface area (Å²) in [5.74, 6) is 0. The molecule has 1 aromatic carbocycles. The normalized spacial score (nSPS) is 10.7. The van der Waals surface area contributed by atoms with E-state index >= 15 is 0 Å². The second kappa shape index (κ2) is 3.67. The van der Waals surface area contributed by atoms with Crippen molar-refractivity contribution in [1.82, 2.24) is 0 Å². The average molecular weight is 226 g/mol. The van der Waals surface area contributed by atoms with Crippen molar-refractivity contribution >= 4 is 15.5 Å². The SMILES string of the molecule is CS(=O)(=O)c1ccc(C#N)c([N+](=O)[O-])c1. The summed E-state index contributed by atoms with van der Waals surface area (Å²) in [4.78, 5) is 9.56. The maximum absolute atomic E-state index is 11.1. The van der Waals surface area contributed by atoms with Crippen LogP contribution in [-0.4, -0.2) is 19.6 Å². The van der Waals surface area contributed by atoms with E-state index in [0.717, 1.165) is 18.4 Å². The molecule has 0 aliphatic heterocycles. The number of nitrogens with zero attached hydrogens (tertiary/aromatic N) is 2. The fourth-order valence-electron chi connectivity index (χ4n) is 0.988. The Labute approximate surface area is 85.8 Å². The monoisotopic (exact) mass is 226 g/mol. The van der Waals surface area contributed by atoms with Crippen molar-refractivity contribution in [3.05, 3.63) is 33.9 Å². The van der Waals surface area contributed by atoms with E-state index in [9.17, 15) is 18.5 Å². The fraction of sp³-hybridized carbons (Fsp3) is 0.125. The molecule has 0 N–H and O–H groups in total. The van der Waals surface area contributed by atoms with Gasteiger partial charge in [0.25, 0.3) is 5.69 Å². The zero-order valence-electron chi connectivity index (χ0n) is 7.67. The lowest BCUT2D eigenvalue weighted by atomic mass is 10.2. The molecule has 0 fully saturated rings. The first kappa shape index (κ1) is 11.1. The molecule has 0 aliphatic carbocycles. The first-order valence-corrected chi connectivity index (χ1v) is 5.64. The quantitative estimate of drug-likeness (QED) is 0.550. The summed E-state index contributed by atoms with van der Waals surface area (Å²) in [5.41, 5.74) is -0.659. The van der Waals surface area contributed by atoms with Gasteiger partial charge < -0.3 is 0 Å². The van der Waals surface area contributed by atoms with Crippen molar-refractivity contribution in [3.8, 4) is 6.07 Å². The molecule has 0 heterocycles. The lowest BCUT2D eigenvalue weighted by Gasteiger charge is -1.98. The van der Waals surface area contributed by atoms with E-state index in [1.165, 1.54) is 6.07 Å². The minimum atomic E-state index is -3.50. The number of sulfone groups is 1. The molecule has 1 rings (SSSR count). The van der Waals surface area contributed by atoms with Crippen LogP contribution in [0.15, 0.2) is 23.1 Å². The smallest absolute Gasteiger partial charge is 0.258 e. The molecule has 0 aromatic heterocycles. The van der Waals surface area contributed by atoms with E-state index in [0.29, 0.717) is 0 Å². The third-order valence-electron chi connectivity index (χ3n) is 1.71. The highest BCUT2D eigenvalue weighted by Crippen LogP contribution is 2.21. The Bertz CT molecular complexity index is 556. The number of nitro groups is 1. The van der Waals surface area contributed by atoms with Crippen LogP contribution in [0.25, 0.3) is 0 Å². The zero-order valence-corrected chi connectivity index (χ0v) is 8.48. The molecule has 6 nitrogen and oxygen atoms in total. The lowest BCUT2D eigenvalue weighted by Crippen LogP contribution is -2.00. The molecule has 7 heteroatoms. The predicted molar refractivity (Wildman–Crippen MR) is 50.9 cm³/mol. The molecular weight excluding hydrogens is 220 g/mol. The van der Waals surface area contributed by atoms with Crippen LogP contribution >= 0.6 is 0 Å². The van der Waals surface area contributed by atoms with E-state index < -0.39 is 20.4 Å². The molecule has 0 saturated carbocycles. The highest BCUT2D eigenvalue weighted by molar-refractivity contribution is 7.90. The highest BCUT2D eigenvalue weighted by Gasteiger charge is 2.18. The topological polar surface area (TPSA) is 101 Å². The van der Waals surface area contributed by atoms with Gasteiger partial charge >= 0.3 is 0 Å². The van der Waals surface area contributed by atoms with Crippen LogP contribution in [0.2, 0.25) is 0 Å². The summed E-state index contributed by atoms with van der Waals surface area (Å²) in [5, 5.41) is 19.1. The van der Waals surface area contributed by atoms with Crippen LogP contribution in [-0.2, 0) is 9.84 Å². The number of hydrogen-bond acceptors (Lipinski definition) is 5. The van der Waals surface area contributed by atoms with Crippen LogP contribution in [0.3, 0.4) is 0 Å². The van der Waals surface area contributed by atoms with Crippen molar-refractivity contribution in [2.45, 2.75) is 4.90 Å². The van der Waals surface area contributed by atoms with Gasteiger partial charge in [0.2, 0.25) is 0 Å². The maximum Gasteiger partial charge on any atom is 0.288 e. The van der Waals surface area contributed by atoms with Gasteiger partial charge in [0.15, 0.2) is 9.84 Å². The average Bonchev–Trinajstić information content (AvgIpc) is 2.15. The van der Waals surface area contributed by atoms with Crippen molar-refractivity contribution in [3.63, 3.8) is 0 Å². The zero-order chi connectivity index (χ0) is 11.6. The molecule has 0 saturated heterocycles. The summed E-state index contributed by atoms with van der Waals surface area (Å²) in [7, 11) is -3.50. The van der Waals surface area contributed by atoms with Crippen LogP contribution in [0.5, 0.6) is 0 Å². The Balaban J connectivity index is 3.50. The van der Waals surface area contributed by atoms with Crippen molar-refractivity contribution < 1.29 is 13.3 Å². The molecule has 0 aliphatic rings. The Hall–Kier alpha value is -1.94. The lowest BCUT2D eigenvalue weighted by molar-refractivity contribution is -0.385. The largest absolute Gasteiger partial charge is 0.288 e. The van der Waals surface area contributed by atoms with Gasteiger partial charge in [0.05, 0.1) is 9.82 Å². The second-order valence-electron chi connectivity index (χ2n) is 2.82. The van der Waals surface area contributed by atoms with Crippen LogP contribution in [0.4, 0.5) is 5.69 Å². The van der Waals surface area contributed by atoms with Crippen LogP contribution < -0.4 is 0 Å². The Morgan fingerprint density at radius 3 is 2.47 bits per heavy atom. The van der Waals surface area contributed by atoms with E-state index in [-0.39, 0.29) is 10.5 Å². The van der Waals surface area contributed by atoms with Gasteiger partial charge in [-0.1, -0.05) is 0 Å². The van der Waals surface area contributed by atoms with Gasteiger partial charge in [-0.25, -0.2) is 8.42 Å². The first-order valence-electron chi connectivity index (χ1n) is 3.75. The van der Waals surface area contributed by atoms with E-state index in [2.05, 4.69) is 0 Å². The molecule has 0 spiro atoms. The molecule has 0 amide bonds. The molecule has 0 unspecified atom stereocenters. The summed E-state index contributed by atoms with van der Waals surface area (Å²) < 4.78 is 22.2. The van der Waals surface area contributed by atoms with Gasteiger partial charge in [-0.15, -0.1) is 0 Å². The summed E-state index contributed by atoms with van der Waals surface area (Å²) >= 11 is 0. The predicted octanol–water partition coefficient (Wildman–Crippen LogP) is 0.870. The summed E-state index contributed by atoms with van der Waals surface area (Å²) in [6.07, 6.45) is 0.943. The van der Waals surface area contributed by atoms with E-state index in [1.54, 1.807) is 6.07 Å². The van der Waals surface area contributed by atoms with E-state index in [4.69, 9.17) is 5.26 Å². The van der Waals surface area contributed by atoms with Crippen LogP contribution in [0, 0.1) is 21.4 Å². The van der Waals surface area contributed by atoms with Crippen molar-refractivity contribution in [2.75, 3.05) is 6.26 Å². The van der Waals surface area contributed by atoms with Crippen molar-refractivity contribution in [2.24, 2.45) is 0 Å². The maximum atomic E-state index is 11.1. The molecule has 78 valence electrons. The number of hydrogen-bond donors (Lipinski definition) is 0. The van der Waals surface area contributed by atoms with Gasteiger partial charge in [0, 0.05) is 12.3 Å². The molecule has 0 radical (unpaired) electrons. The molecule has 0 atom stereocenters. The standard InChI is InChI=1S/C8H6N2O4S/c1-15(13,14)7-3-2-6(5-9)8(4-7)10(11)12/h2-4H,1H3. The Morgan fingerprint density at radius 2 is 2.07 bits per heavy atom. The molecular formula is C8H6N2O4S. The fourth-order valence-corrected chi connectivity index (χ4v) is 1.63. The van der Waals surface area contributed by atoms with Crippen LogP contribution in [0.1, 0.15) is 5.56 Å². The number of benzene rings is 1. The van der Waals surface area contributed by atoms with Gasteiger partial charge in [-0.3, -0.25) is 10.1 Å². The van der Waals surface area contributed by atoms with E-state index in [1.807, 2.05) is 0 Å². The van der Waals surface area contributed by atoms with Crippen molar-refractivity contribution in [1.29, 1.82) is 5.26 Å². The first-order chi connectivity index (χ1) is 6.86. The molecule has 1 aromatic rings. The number of rotatable bonds is 2. The summed E-state index contributed by atoms with van der Waals surface area (Å²) in [6.45, 7) is 0. The van der Waals surface area contributed by atoms with Gasteiger partial charge in [-0.2, -0.15) is 5.26 Å². The highest BCUT2D eigenvalue weighted by atomic mass is 32.2. The third-order valence-corrected chi connectivity index (χ3v) is 2.82. The Morgan fingerprint density at radius 1 is 1.47 bits per heavy atom. The minimum absolute atomic E-state index is 0.160. The molecule has 0 bridgehead atoms. The number of nitro benzene ring substituents is 1.